The molecule has 1 fully saturated rings. The second kappa shape index (κ2) is 5.31. The minimum absolute atomic E-state index is 0.0582. The van der Waals surface area contributed by atoms with Crippen molar-refractivity contribution in [2.45, 2.75) is 63.9 Å². The van der Waals surface area contributed by atoms with Crippen LogP contribution in [0.2, 0.25) is 25.7 Å². The molecule has 88 valence electrons. The van der Waals surface area contributed by atoms with Crippen LogP contribution in [0.5, 0.6) is 0 Å². The van der Waals surface area contributed by atoms with E-state index in [1.807, 2.05) is 0 Å². The van der Waals surface area contributed by atoms with Crippen LogP contribution in [-0.4, -0.2) is 19.3 Å². The number of hydrogen-bond donors (Lipinski definition) is 1. The van der Waals surface area contributed by atoms with Gasteiger partial charge in [-0.15, -0.1) is 6.58 Å². The normalized spacial score (nSPS) is 27.7. The largest absolute Gasteiger partial charge is 0.393 e. The summed E-state index contributed by atoms with van der Waals surface area (Å²) in [4.78, 5) is 0. The summed E-state index contributed by atoms with van der Waals surface area (Å²) in [5.74, 6) is 0.502. The second-order valence-corrected chi connectivity index (χ2v) is 11.8. The van der Waals surface area contributed by atoms with Crippen molar-refractivity contribution in [2.75, 3.05) is 0 Å². The van der Waals surface area contributed by atoms with E-state index in [4.69, 9.17) is 0 Å². The van der Waals surface area contributed by atoms with Crippen LogP contribution in [0.3, 0.4) is 0 Å². The fourth-order valence-electron chi connectivity index (χ4n) is 2.62. The third kappa shape index (κ3) is 4.98. The lowest BCUT2D eigenvalue weighted by atomic mass is 9.83. The first-order valence-electron chi connectivity index (χ1n) is 6.23. The van der Waals surface area contributed by atoms with Gasteiger partial charge in [0, 0.05) is 8.07 Å². The minimum atomic E-state index is -1.01. The highest BCUT2D eigenvalue weighted by Crippen LogP contribution is 2.31. The molecule has 1 aliphatic carbocycles. The summed E-state index contributed by atoms with van der Waals surface area (Å²) in [5, 5.41) is 9.89. The van der Waals surface area contributed by atoms with Crippen LogP contribution in [0.4, 0.5) is 0 Å². The molecule has 1 nitrogen and oxygen atoms in total. The maximum absolute atomic E-state index is 9.89. The summed E-state index contributed by atoms with van der Waals surface area (Å²) in [5.41, 5.74) is 1.38. The van der Waals surface area contributed by atoms with E-state index < -0.39 is 8.07 Å². The summed E-state index contributed by atoms with van der Waals surface area (Å²) < 4.78 is 0. The van der Waals surface area contributed by atoms with Gasteiger partial charge in [-0.1, -0.05) is 38.1 Å². The van der Waals surface area contributed by atoms with Crippen LogP contribution in [-0.2, 0) is 0 Å². The van der Waals surface area contributed by atoms with E-state index in [0.717, 1.165) is 12.8 Å². The van der Waals surface area contributed by atoms with Crippen LogP contribution in [0.15, 0.2) is 12.2 Å². The molecule has 2 heteroatoms. The fourth-order valence-corrected chi connectivity index (χ4v) is 4.26. The molecule has 15 heavy (non-hydrogen) atoms. The molecule has 0 aromatic carbocycles. The predicted octanol–water partition coefficient (Wildman–Crippen LogP) is 3.82. The van der Waals surface area contributed by atoms with Gasteiger partial charge in [0.15, 0.2) is 0 Å². The molecule has 0 amide bonds. The Hall–Kier alpha value is -0.0831. The lowest BCUT2D eigenvalue weighted by molar-refractivity contribution is 0.0700. The van der Waals surface area contributed by atoms with Crippen molar-refractivity contribution in [3.63, 3.8) is 0 Å². The summed E-state index contributed by atoms with van der Waals surface area (Å²) in [6.07, 6.45) is 5.71. The van der Waals surface area contributed by atoms with Crippen molar-refractivity contribution >= 4 is 8.07 Å². The number of hydrogen-bond acceptors (Lipinski definition) is 1. The lowest BCUT2D eigenvalue weighted by Gasteiger charge is -2.29. The third-order valence-electron chi connectivity index (χ3n) is 3.20. The van der Waals surface area contributed by atoms with Crippen LogP contribution < -0.4 is 0 Å². The Morgan fingerprint density at radius 1 is 1.27 bits per heavy atom. The van der Waals surface area contributed by atoms with Gasteiger partial charge in [0.05, 0.1) is 6.10 Å². The lowest BCUT2D eigenvalue weighted by Crippen LogP contribution is -2.26. The average molecular weight is 226 g/mol. The summed E-state index contributed by atoms with van der Waals surface area (Å²) in [7, 11) is -1.01. The van der Waals surface area contributed by atoms with Gasteiger partial charge < -0.3 is 5.11 Å². The Bertz CT molecular complexity index is 217. The zero-order chi connectivity index (χ0) is 11.5. The van der Waals surface area contributed by atoms with Gasteiger partial charge >= 0.3 is 0 Å². The van der Waals surface area contributed by atoms with E-state index in [0.29, 0.717) is 5.92 Å². The number of aliphatic hydroxyl groups is 1. The fraction of sp³-hybridized carbons (Fsp3) is 0.846. The van der Waals surface area contributed by atoms with Crippen molar-refractivity contribution < 1.29 is 5.11 Å². The SMILES string of the molecule is C=C(C[C@H]1CCCC[C@@H]1O)C[Si](C)(C)C. The van der Waals surface area contributed by atoms with E-state index >= 15 is 0 Å². The van der Waals surface area contributed by atoms with Gasteiger partial charge in [-0.05, 0) is 31.2 Å². The van der Waals surface area contributed by atoms with E-state index in [-0.39, 0.29) is 6.10 Å². The van der Waals surface area contributed by atoms with E-state index in [2.05, 4.69) is 26.2 Å². The molecular formula is C13H26OSi. The first-order valence-corrected chi connectivity index (χ1v) is 9.94. The van der Waals surface area contributed by atoms with Crippen molar-refractivity contribution in [1.29, 1.82) is 0 Å². The average Bonchev–Trinajstić information content (AvgIpc) is 2.05. The van der Waals surface area contributed by atoms with Gasteiger partial charge in [-0.3, -0.25) is 0 Å². The molecular weight excluding hydrogens is 200 g/mol. The van der Waals surface area contributed by atoms with Gasteiger partial charge in [0.25, 0.3) is 0 Å². The predicted molar refractivity (Wildman–Crippen MR) is 69.9 cm³/mol. The number of rotatable bonds is 4. The summed E-state index contributed by atoms with van der Waals surface area (Å²) >= 11 is 0. The molecule has 1 N–H and O–H groups in total. The molecule has 0 aromatic rings. The van der Waals surface area contributed by atoms with E-state index in [1.54, 1.807) is 0 Å². The Kier molecular flexibility index (Phi) is 4.59. The highest BCUT2D eigenvalue weighted by atomic mass is 28.3. The smallest absolute Gasteiger partial charge is 0.0571 e. The maximum atomic E-state index is 9.89. The molecule has 0 aromatic heterocycles. The number of allylic oxidation sites excluding steroid dienone is 1. The summed E-state index contributed by atoms with van der Waals surface area (Å²) in [6.45, 7) is 11.3. The van der Waals surface area contributed by atoms with Crippen molar-refractivity contribution in [2.24, 2.45) is 5.92 Å². The van der Waals surface area contributed by atoms with Crippen LogP contribution in [0.25, 0.3) is 0 Å². The van der Waals surface area contributed by atoms with Gasteiger partial charge in [0.2, 0.25) is 0 Å². The Balaban J connectivity index is 2.36. The minimum Gasteiger partial charge on any atom is -0.393 e. The van der Waals surface area contributed by atoms with Gasteiger partial charge in [-0.25, -0.2) is 0 Å². The molecule has 0 unspecified atom stereocenters. The third-order valence-corrected chi connectivity index (χ3v) is 4.76. The van der Waals surface area contributed by atoms with Gasteiger partial charge in [-0.2, -0.15) is 0 Å². The van der Waals surface area contributed by atoms with Crippen molar-refractivity contribution in [3.05, 3.63) is 12.2 Å². The van der Waals surface area contributed by atoms with Crippen molar-refractivity contribution in [3.8, 4) is 0 Å². The molecule has 0 bridgehead atoms. The molecule has 0 aliphatic heterocycles. The molecule has 1 aliphatic rings. The molecule has 0 spiro atoms. The van der Waals surface area contributed by atoms with E-state index in [9.17, 15) is 5.11 Å². The van der Waals surface area contributed by atoms with Crippen LogP contribution in [0.1, 0.15) is 32.1 Å². The molecule has 0 heterocycles. The number of aliphatic hydroxyl groups excluding tert-OH is 1. The Morgan fingerprint density at radius 3 is 2.40 bits per heavy atom. The van der Waals surface area contributed by atoms with Crippen molar-refractivity contribution in [1.82, 2.24) is 0 Å². The molecule has 1 saturated carbocycles. The topological polar surface area (TPSA) is 20.2 Å². The molecule has 0 saturated heterocycles. The molecule has 1 rings (SSSR count). The zero-order valence-corrected chi connectivity index (χ0v) is 11.6. The quantitative estimate of drug-likeness (QED) is 0.571. The zero-order valence-electron chi connectivity index (χ0n) is 10.6. The van der Waals surface area contributed by atoms with E-state index in [1.165, 1.54) is 30.9 Å². The van der Waals surface area contributed by atoms with Crippen LogP contribution in [0, 0.1) is 5.92 Å². The Labute approximate surface area is 95.6 Å². The highest BCUT2D eigenvalue weighted by Gasteiger charge is 2.24. The molecule has 0 radical (unpaired) electrons. The molecule has 2 atom stereocenters. The second-order valence-electron chi connectivity index (χ2n) is 6.30. The first kappa shape index (κ1) is 13.0. The van der Waals surface area contributed by atoms with Crippen LogP contribution >= 0.6 is 0 Å². The first-order chi connectivity index (χ1) is 6.88. The van der Waals surface area contributed by atoms with Gasteiger partial charge in [0.1, 0.15) is 0 Å². The summed E-state index contributed by atoms with van der Waals surface area (Å²) in [6, 6.07) is 1.22. The monoisotopic (exact) mass is 226 g/mol. The highest BCUT2D eigenvalue weighted by molar-refractivity contribution is 6.76. The maximum Gasteiger partial charge on any atom is 0.0571 e. The standard InChI is InChI=1S/C13H26OSi/c1-11(10-15(2,3)4)9-12-7-5-6-8-13(12)14/h12-14H,1,5-10H2,2-4H3/t12-,13+/m1/s1. The Morgan fingerprint density at radius 2 is 1.87 bits per heavy atom.